The molecule has 0 aliphatic carbocycles. The second kappa shape index (κ2) is 8.83. The number of benzene rings is 3. The van der Waals surface area contributed by atoms with Crippen LogP contribution in [0.15, 0.2) is 77.9 Å². The summed E-state index contributed by atoms with van der Waals surface area (Å²) >= 11 is 6.05. The van der Waals surface area contributed by atoms with Crippen molar-refractivity contribution < 1.29 is 14.7 Å². The van der Waals surface area contributed by atoms with E-state index >= 15 is 0 Å². The van der Waals surface area contributed by atoms with E-state index in [1.807, 2.05) is 0 Å². The van der Waals surface area contributed by atoms with E-state index in [-0.39, 0.29) is 11.5 Å². The first kappa shape index (κ1) is 19.1. The Labute approximate surface area is 166 Å². The lowest BCUT2D eigenvalue weighted by molar-refractivity contribution is 0.0697. The van der Waals surface area contributed by atoms with Crippen molar-refractivity contribution in [1.82, 2.24) is 0 Å². The zero-order chi connectivity index (χ0) is 19.9. The van der Waals surface area contributed by atoms with Gasteiger partial charge in [0.15, 0.2) is 0 Å². The molecule has 3 rings (SSSR count). The highest BCUT2D eigenvalue weighted by molar-refractivity contribution is 6.34. The lowest BCUT2D eigenvalue weighted by atomic mass is 10.2. The molecule has 0 radical (unpaired) electrons. The molecule has 3 N–H and O–H groups in total. The molecular weight excluding hydrogens is 378 g/mol. The van der Waals surface area contributed by atoms with Gasteiger partial charge in [-0.1, -0.05) is 48.0 Å². The molecule has 28 heavy (non-hydrogen) atoms. The molecule has 0 aliphatic heterocycles. The SMILES string of the molecule is O=C(Nc1cccc(/C=N/Nc2ccccc2C(=O)O)c1)c1ccccc1Cl. The summed E-state index contributed by atoms with van der Waals surface area (Å²) in [6.45, 7) is 0. The molecule has 1 amide bonds. The number of rotatable bonds is 6. The zero-order valence-corrected chi connectivity index (χ0v) is 15.4. The molecule has 0 saturated carbocycles. The Bertz CT molecular complexity index is 1050. The number of para-hydroxylation sites is 1. The molecule has 7 heteroatoms. The van der Waals surface area contributed by atoms with Gasteiger partial charge in [0.25, 0.3) is 5.91 Å². The predicted octanol–water partition coefficient (Wildman–Crippen LogP) is 4.74. The Morgan fingerprint density at radius 1 is 0.929 bits per heavy atom. The highest BCUT2D eigenvalue weighted by atomic mass is 35.5. The van der Waals surface area contributed by atoms with Gasteiger partial charge in [0.05, 0.1) is 28.1 Å². The summed E-state index contributed by atoms with van der Waals surface area (Å²) < 4.78 is 0. The van der Waals surface area contributed by atoms with E-state index in [2.05, 4.69) is 15.8 Å². The molecule has 6 nitrogen and oxygen atoms in total. The number of aromatic carboxylic acids is 1. The fourth-order valence-electron chi connectivity index (χ4n) is 2.48. The Morgan fingerprint density at radius 3 is 2.39 bits per heavy atom. The summed E-state index contributed by atoms with van der Waals surface area (Å²) in [6, 6.07) is 20.3. The van der Waals surface area contributed by atoms with Gasteiger partial charge in [-0.2, -0.15) is 5.10 Å². The molecule has 0 aliphatic rings. The zero-order valence-electron chi connectivity index (χ0n) is 14.6. The average Bonchev–Trinajstić information content (AvgIpc) is 2.69. The second-order valence-electron chi connectivity index (χ2n) is 5.78. The van der Waals surface area contributed by atoms with Crippen LogP contribution in [0.5, 0.6) is 0 Å². The third-order valence-electron chi connectivity index (χ3n) is 3.82. The number of carbonyl (C=O) groups is 2. The lowest BCUT2D eigenvalue weighted by Gasteiger charge is -2.07. The lowest BCUT2D eigenvalue weighted by Crippen LogP contribution is -2.12. The number of carboxylic acids is 1. The van der Waals surface area contributed by atoms with E-state index in [1.165, 1.54) is 12.3 Å². The number of carbonyl (C=O) groups excluding carboxylic acids is 1. The Morgan fingerprint density at radius 2 is 1.64 bits per heavy atom. The van der Waals surface area contributed by atoms with E-state index < -0.39 is 5.97 Å². The number of anilines is 2. The first-order valence-electron chi connectivity index (χ1n) is 8.32. The van der Waals surface area contributed by atoms with E-state index in [0.717, 1.165) is 5.56 Å². The molecule has 0 heterocycles. The van der Waals surface area contributed by atoms with Crippen molar-refractivity contribution in [1.29, 1.82) is 0 Å². The van der Waals surface area contributed by atoms with Crippen LogP contribution in [0.4, 0.5) is 11.4 Å². The number of amides is 1. The van der Waals surface area contributed by atoms with E-state index in [9.17, 15) is 14.7 Å². The first-order valence-corrected chi connectivity index (χ1v) is 8.70. The van der Waals surface area contributed by atoms with Crippen LogP contribution < -0.4 is 10.7 Å². The molecule has 0 bridgehead atoms. The van der Waals surface area contributed by atoms with Crippen LogP contribution in [0.25, 0.3) is 0 Å². The van der Waals surface area contributed by atoms with Crippen LogP contribution in [-0.4, -0.2) is 23.2 Å². The third kappa shape index (κ3) is 4.75. The van der Waals surface area contributed by atoms with Gasteiger partial charge < -0.3 is 10.4 Å². The summed E-state index contributed by atoms with van der Waals surface area (Å²) in [7, 11) is 0. The Hall–Kier alpha value is -3.64. The summed E-state index contributed by atoms with van der Waals surface area (Å²) in [5.41, 5.74) is 4.92. The van der Waals surface area contributed by atoms with Crippen molar-refractivity contribution in [2.24, 2.45) is 5.10 Å². The first-order chi connectivity index (χ1) is 13.5. The third-order valence-corrected chi connectivity index (χ3v) is 4.15. The molecule has 3 aromatic carbocycles. The molecule has 0 fully saturated rings. The molecule has 0 spiro atoms. The smallest absolute Gasteiger partial charge is 0.337 e. The number of hydrogen-bond donors (Lipinski definition) is 3. The van der Waals surface area contributed by atoms with Crippen LogP contribution in [0.2, 0.25) is 5.02 Å². The number of carboxylic acid groups (broad SMARTS) is 1. The Kier molecular flexibility index (Phi) is 6.04. The van der Waals surface area contributed by atoms with E-state index in [4.69, 9.17) is 11.6 Å². The fraction of sp³-hybridized carbons (Fsp3) is 0. The highest BCUT2D eigenvalue weighted by Crippen LogP contribution is 2.18. The van der Waals surface area contributed by atoms with E-state index in [0.29, 0.717) is 22.0 Å². The van der Waals surface area contributed by atoms with Gasteiger partial charge in [-0.05, 0) is 42.0 Å². The van der Waals surface area contributed by atoms with Gasteiger partial charge in [0.1, 0.15) is 0 Å². The summed E-state index contributed by atoms with van der Waals surface area (Å²) in [5, 5.41) is 16.4. The van der Waals surface area contributed by atoms with Crippen molar-refractivity contribution in [3.05, 3.63) is 94.5 Å². The van der Waals surface area contributed by atoms with Crippen molar-refractivity contribution in [2.75, 3.05) is 10.7 Å². The minimum Gasteiger partial charge on any atom is -0.478 e. The van der Waals surface area contributed by atoms with Gasteiger partial charge in [-0.25, -0.2) is 4.79 Å². The standard InChI is InChI=1S/C21H16ClN3O3/c22-18-10-3-1-8-16(18)20(26)24-15-7-5-6-14(12-15)13-23-25-19-11-4-2-9-17(19)21(27)28/h1-13,25H,(H,24,26)(H,27,28)/b23-13+. The maximum absolute atomic E-state index is 12.3. The molecule has 3 aromatic rings. The van der Waals surface area contributed by atoms with Crippen LogP contribution in [0.3, 0.4) is 0 Å². The molecule has 0 atom stereocenters. The van der Waals surface area contributed by atoms with Gasteiger partial charge >= 0.3 is 5.97 Å². The summed E-state index contributed by atoms with van der Waals surface area (Å²) in [4.78, 5) is 23.6. The van der Waals surface area contributed by atoms with Gasteiger partial charge in [-0.3, -0.25) is 10.2 Å². The monoisotopic (exact) mass is 393 g/mol. The maximum atomic E-state index is 12.3. The minimum absolute atomic E-state index is 0.125. The quantitative estimate of drug-likeness (QED) is 0.417. The average molecular weight is 394 g/mol. The summed E-state index contributed by atoms with van der Waals surface area (Å²) in [5.74, 6) is -1.35. The molecular formula is C21H16ClN3O3. The van der Waals surface area contributed by atoms with Crippen LogP contribution in [0.1, 0.15) is 26.3 Å². The topological polar surface area (TPSA) is 90.8 Å². The number of hydrazone groups is 1. The van der Waals surface area contributed by atoms with Crippen LogP contribution in [0, 0.1) is 0 Å². The van der Waals surface area contributed by atoms with Crippen molar-refractivity contribution in [3.8, 4) is 0 Å². The number of nitrogens with one attached hydrogen (secondary N) is 2. The minimum atomic E-state index is -1.04. The normalized spacial score (nSPS) is 10.6. The van der Waals surface area contributed by atoms with Crippen LogP contribution in [-0.2, 0) is 0 Å². The predicted molar refractivity (Wildman–Crippen MR) is 110 cm³/mol. The van der Waals surface area contributed by atoms with Crippen molar-refractivity contribution in [2.45, 2.75) is 0 Å². The molecule has 0 saturated heterocycles. The number of hydrogen-bond acceptors (Lipinski definition) is 4. The van der Waals surface area contributed by atoms with Crippen LogP contribution >= 0.6 is 11.6 Å². The second-order valence-corrected chi connectivity index (χ2v) is 6.19. The van der Waals surface area contributed by atoms with Gasteiger partial charge in [-0.15, -0.1) is 0 Å². The molecule has 0 unspecified atom stereocenters. The molecule has 140 valence electrons. The van der Waals surface area contributed by atoms with Gasteiger partial charge in [0, 0.05) is 5.69 Å². The van der Waals surface area contributed by atoms with Crippen molar-refractivity contribution >= 4 is 41.1 Å². The largest absolute Gasteiger partial charge is 0.478 e. The van der Waals surface area contributed by atoms with Gasteiger partial charge in [0.2, 0.25) is 0 Å². The highest BCUT2D eigenvalue weighted by Gasteiger charge is 2.10. The number of halogens is 1. The van der Waals surface area contributed by atoms with Crippen molar-refractivity contribution in [3.63, 3.8) is 0 Å². The maximum Gasteiger partial charge on any atom is 0.337 e. The fourth-order valence-corrected chi connectivity index (χ4v) is 2.71. The number of nitrogens with zero attached hydrogens (tertiary/aromatic N) is 1. The molecule has 0 aromatic heterocycles. The van der Waals surface area contributed by atoms with E-state index in [1.54, 1.807) is 66.7 Å². The summed E-state index contributed by atoms with van der Waals surface area (Å²) in [6.07, 6.45) is 1.53. The Balaban J connectivity index is 1.70.